The Morgan fingerprint density at radius 1 is 1.47 bits per heavy atom. The summed E-state index contributed by atoms with van der Waals surface area (Å²) in [5.41, 5.74) is 6.47. The van der Waals surface area contributed by atoms with Gasteiger partial charge < -0.3 is 15.6 Å². The van der Waals surface area contributed by atoms with Crippen molar-refractivity contribution in [2.45, 2.75) is 0 Å². The lowest BCUT2D eigenvalue weighted by atomic mass is 10.2. The highest BCUT2D eigenvalue weighted by atomic mass is 35.5. The lowest BCUT2D eigenvalue weighted by molar-refractivity contribution is 0.0988. The smallest absolute Gasteiger partial charge is 0.294 e. The van der Waals surface area contributed by atoms with Crippen molar-refractivity contribution in [3.63, 3.8) is 0 Å². The van der Waals surface area contributed by atoms with E-state index in [-0.39, 0.29) is 12.3 Å². The van der Waals surface area contributed by atoms with Crippen molar-refractivity contribution in [3.05, 3.63) is 46.8 Å². The molecule has 1 aromatic carbocycles. The highest BCUT2D eigenvalue weighted by Crippen LogP contribution is 2.20. The molecule has 0 aliphatic carbocycles. The minimum Gasteiger partial charge on any atom is -0.351 e. The lowest BCUT2D eigenvalue weighted by Crippen LogP contribution is -2.10. The van der Waals surface area contributed by atoms with Gasteiger partial charge in [-0.1, -0.05) is 28.6 Å². The van der Waals surface area contributed by atoms with Crippen molar-refractivity contribution in [2.24, 2.45) is 5.73 Å². The Morgan fingerprint density at radius 2 is 2.32 bits per heavy atom. The molecular weight excluding hydrogens is 266 g/mol. The van der Waals surface area contributed by atoms with Gasteiger partial charge in [-0.2, -0.15) is 0 Å². The van der Waals surface area contributed by atoms with Gasteiger partial charge in [0.1, 0.15) is 0 Å². The normalized spacial score (nSPS) is 9.58. The third-order valence-electron chi connectivity index (χ3n) is 2.21. The molecule has 0 saturated carbocycles. The molecule has 96 valence electrons. The number of benzene rings is 1. The summed E-state index contributed by atoms with van der Waals surface area (Å²) in [6.07, 6.45) is 1.40. The van der Waals surface area contributed by atoms with Crippen LogP contribution in [-0.4, -0.2) is 17.6 Å². The van der Waals surface area contributed by atoms with Gasteiger partial charge >= 0.3 is 0 Å². The van der Waals surface area contributed by atoms with Crippen LogP contribution in [0.2, 0.25) is 5.02 Å². The Kier molecular flexibility index (Phi) is 4.18. The summed E-state index contributed by atoms with van der Waals surface area (Å²) in [5, 5.41) is 6.62. The average molecular weight is 276 g/mol. The number of hydrogen-bond donors (Lipinski definition) is 2. The van der Waals surface area contributed by atoms with Crippen LogP contribution in [0.25, 0.3) is 0 Å². The highest BCUT2D eigenvalue weighted by Gasteiger charge is 2.10. The number of anilines is 1. The first-order valence-corrected chi connectivity index (χ1v) is 5.79. The number of rotatable bonds is 2. The van der Waals surface area contributed by atoms with Crippen LogP contribution >= 0.6 is 11.6 Å². The zero-order chi connectivity index (χ0) is 13.7. The van der Waals surface area contributed by atoms with Crippen molar-refractivity contribution >= 4 is 23.2 Å². The molecule has 2 aromatic rings. The topological polar surface area (TPSA) is 81.1 Å². The molecule has 19 heavy (non-hydrogen) atoms. The summed E-state index contributed by atoms with van der Waals surface area (Å²) in [7, 11) is 0. The molecule has 1 amide bonds. The van der Waals surface area contributed by atoms with Crippen molar-refractivity contribution in [2.75, 3.05) is 11.9 Å². The zero-order valence-electron chi connectivity index (χ0n) is 9.81. The van der Waals surface area contributed by atoms with Gasteiger partial charge in [0.05, 0.1) is 17.8 Å². The van der Waals surface area contributed by atoms with Gasteiger partial charge in [0, 0.05) is 17.3 Å². The maximum absolute atomic E-state index is 11.8. The Hall–Kier alpha value is -2.29. The standard InChI is InChI=1S/C13H10ClN3O2/c14-11-4-3-10(8-9(11)2-1-6-15)17-13(18)12-5-7-16-19-12/h3-5,7-8H,6,15H2,(H,17,18). The minimum absolute atomic E-state index is 0.129. The van der Waals surface area contributed by atoms with Gasteiger partial charge in [-0.05, 0) is 18.2 Å². The van der Waals surface area contributed by atoms with Crippen LogP contribution in [0.3, 0.4) is 0 Å². The number of amides is 1. The summed E-state index contributed by atoms with van der Waals surface area (Å²) in [4.78, 5) is 11.8. The van der Waals surface area contributed by atoms with Gasteiger partial charge in [-0.25, -0.2) is 0 Å². The number of carbonyl (C=O) groups is 1. The van der Waals surface area contributed by atoms with E-state index in [4.69, 9.17) is 21.9 Å². The number of nitrogens with zero attached hydrogens (tertiary/aromatic N) is 1. The molecule has 5 nitrogen and oxygen atoms in total. The van der Waals surface area contributed by atoms with Crippen LogP contribution in [0.5, 0.6) is 0 Å². The molecule has 0 saturated heterocycles. The van der Waals surface area contributed by atoms with Crippen LogP contribution in [0.15, 0.2) is 35.0 Å². The molecule has 6 heteroatoms. The number of hydrogen-bond acceptors (Lipinski definition) is 4. The van der Waals surface area contributed by atoms with Gasteiger partial charge in [0.15, 0.2) is 0 Å². The number of carbonyl (C=O) groups excluding carboxylic acids is 1. The van der Waals surface area contributed by atoms with Crippen LogP contribution in [0.1, 0.15) is 16.1 Å². The van der Waals surface area contributed by atoms with Crippen LogP contribution < -0.4 is 11.1 Å². The Morgan fingerprint density at radius 3 is 3.00 bits per heavy atom. The third-order valence-corrected chi connectivity index (χ3v) is 2.54. The van der Waals surface area contributed by atoms with E-state index < -0.39 is 5.91 Å². The molecule has 2 rings (SSSR count). The number of aromatic nitrogens is 1. The van der Waals surface area contributed by atoms with E-state index in [2.05, 4.69) is 22.3 Å². The average Bonchev–Trinajstić information content (AvgIpc) is 2.93. The molecule has 0 aliphatic rings. The summed E-state index contributed by atoms with van der Waals surface area (Å²) in [6, 6.07) is 6.46. The molecular formula is C13H10ClN3O2. The molecule has 3 N–H and O–H groups in total. The van der Waals surface area contributed by atoms with Gasteiger partial charge in [0.25, 0.3) is 5.91 Å². The van der Waals surface area contributed by atoms with Gasteiger partial charge in [-0.3, -0.25) is 4.79 Å². The monoisotopic (exact) mass is 275 g/mol. The van der Waals surface area contributed by atoms with Crippen molar-refractivity contribution in [1.29, 1.82) is 0 Å². The largest absolute Gasteiger partial charge is 0.351 e. The molecule has 0 unspecified atom stereocenters. The molecule has 0 radical (unpaired) electrons. The van der Waals surface area contributed by atoms with Crippen LogP contribution in [-0.2, 0) is 0 Å². The van der Waals surface area contributed by atoms with E-state index >= 15 is 0 Å². The van der Waals surface area contributed by atoms with Gasteiger partial charge in [0.2, 0.25) is 5.76 Å². The number of nitrogens with two attached hydrogens (primary N) is 1. The summed E-state index contributed by atoms with van der Waals surface area (Å²) >= 11 is 5.98. The second kappa shape index (κ2) is 6.05. The van der Waals surface area contributed by atoms with E-state index in [0.29, 0.717) is 16.3 Å². The number of halogens is 1. The quantitative estimate of drug-likeness (QED) is 0.820. The first-order valence-electron chi connectivity index (χ1n) is 5.41. The van der Waals surface area contributed by atoms with Crippen molar-refractivity contribution in [1.82, 2.24) is 5.16 Å². The zero-order valence-corrected chi connectivity index (χ0v) is 10.6. The Balaban J connectivity index is 2.19. The van der Waals surface area contributed by atoms with E-state index in [0.717, 1.165) is 0 Å². The summed E-state index contributed by atoms with van der Waals surface area (Å²) < 4.78 is 4.75. The van der Waals surface area contributed by atoms with Crippen molar-refractivity contribution < 1.29 is 9.32 Å². The molecule has 0 aliphatic heterocycles. The Bertz CT molecular complexity index is 642. The maximum atomic E-state index is 11.8. The first kappa shape index (κ1) is 13.1. The summed E-state index contributed by atoms with van der Waals surface area (Å²) in [6.45, 7) is 0.241. The molecule has 1 heterocycles. The third kappa shape index (κ3) is 3.35. The fourth-order valence-electron chi connectivity index (χ4n) is 1.37. The summed E-state index contributed by atoms with van der Waals surface area (Å²) in [5.74, 6) is 5.27. The molecule has 1 aromatic heterocycles. The van der Waals surface area contributed by atoms with E-state index in [1.165, 1.54) is 12.3 Å². The van der Waals surface area contributed by atoms with E-state index in [1.54, 1.807) is 18.2 Å². The molecule has 0 bridgehead atoms. The minimum atomic E-state index is -0.391. The van der Waals surface area contributed by atoms with Gasteiger partial charge in [-0.15, -0.1) is 0 Å². The molecule has 0 atom stereocenters. The van der Waals surface area contributed by atoms with E-state index in [1.807, 2.05) is 0 Å². The molecule has 0 spiro atoms. The second-order valence-corrected chi connectivity index (χ2v) is 3.94. The van der Waals surface area contributed by atoms with Crippen LogP contribution in [0.4, 0.5) is 5.69 Å². The van der Waals surface area contributed by atoms with Crippen molar-refractivity contribution in [3.8, 4) is 11.8 Å². The number of nitrogens with one attached hydrogen (secondary N) is 1. The fourth-order valence-corrected chi connectivity index (χ4v) is 1.54. The first-order chi connectivity index (χ1) is 9.20. The van der Waals surface area contributed by atoms with E-state index in [9.17, 15) is 4.79 Å². The lowest BCUT2D eigenvalue weighted by Gasteiger charge is -2.04. The predicted octanol–water partition coefficient (Wildman–Crippen LogP) is 1.89. The second-order valence-electron chi connectivity index (χ2n) is 3.53. The SMILES string of the molecule is NCC#Cc1cc(NC(=O)c2ccno2)ccc1Cl. The Labute approximate surface area is 114 Å². The fraction of sp³-hybridized carbons (Fsp3) is 0.0769. The van der Waals surface area contributed by atoms with Crippen LogP contribution in [0, 0.1) is 11.8 Å². The maximum Gasteiger partial charge on any atom is 0.294 e. The predicted molar refractivity (Wildman–Crippen MR) is 71.8 cm³/mol. The highest BCUT2D eigenvalue weighted by molar-refractivity contribution is 6.31. The molecule has 0 fully saturated rings.